The summed E-state index contributed by atoms with van der Waals surface area (Å²) in [6.07, 6.45) is 0. The lowest BCUT2D eigenvalue weighted by atomic mass is 9.79. The largest absolute Gasteiger partial charge is 0.507 e. The molecule has 6 heteroatoms. The zero-order valence-corrected chi connectivity index (χ0v) is 7.95. The van der Waals surface area contributed by atoms with Gasteiger partial charge in [-0.05, 0) is 12.1 Å². The van der Waals surface area contributed by atoms with Gasteiger partial charge < -0.3 is 20.9 Å². The van der Waals surface area contributed by atoms with Crippen molar-refractivity contribution in [3.8, 4) is 5.75 Å². The molecule has 0 saturated carbocycles. The first-order valence-corrected chi connectivity index (χ1v) is 4.79. The number of phenolic OH excluding ortho intramolecular Hbond substituents is 1. The van der Waals surface area contributed by atoms with Crippen molar-refractivity contribution in [2.24, 2.45) is 0 Å². The molecule has 0 spiro atoms. The number of thiophene rings is 1. The lowest BCUT2D eigenvalue weighted by Gasteiger charge is -2.00. The van der Waals surface area contributed by atoms with E-state index >= 15 is 0 Å². The molecule has 0 saturated heterocycles. The predicted molar refractivity (Wildman–Crippen MR) is 57.7 cm³/mol. The third kappa shape index (κ3) is 1.24. The fourth-order valence-electron chi connectivity index (χ4n) is 1.43. The number of hydrogen-bond acceptors (Lipinski definition) is 5. The molecule has 0 bridgehead atoms. The minimum Gasteiger partial charge on any atom is -0.507 e. The van der Waals surface area contributed by atoms with Crippen molar-refractivity contribution in [3.63, 3.8) is 0 Å². The molecular formula is C8H8BNO3S. The fourth-order valence-corrected chi connectivity index (χ4v) is 2.45. The molecule has 0 amide bonds. The molecule has 1 heterocycles. The van der Waals surface area contributed by atoms with Crippen LogP contribution in [0.4, 0.5) is 5.00 Å². The monoisotopic (exact) mass is 209 g/mol. The first-order valence-electron chi connectivity index (χ1n) is 3.97. The van der Waals surface area contributed by atoms with Crippen molar-refractivity contribution in [2.45, 2.75) is 0 Å². The van der Waals surface area contributed by atoms with Crippen molar-refractivity contribution >= 4 is 39.0 Å². The zero-order chi connectivity index (χ0) is 10.3. The first-order chi connectivity index (χ1) is 6.61. The van der Waals surface area contributed by atoms with Crippen LogP contribution in [0.25, 0.3) is 10.1 Å². The van der Waals surface area contributed by atoms with Gasteiger partial charge in [0.2, 0.25) is 0 Å². The molecule has 2 aromatic rings. The van der Waals surface area contributed by atoms with E-state index in [4.69, 9.17) is 15.8 Å². The van der Waals surface area contributed by atoms with Gasteiger partial charge in [-0.3, -0.25) is 0 Å². The van der Waals surface area contributed by atoms with E-state index in [1.165, 1.54) is 17.4 Å². The van der Waals surface area contributed by atoms with Crippen molar-refractivity contribution < 1.29 is 15.2 Å². The molecule has 5 N–H and O–H groups in total. The average molecular weight is 209 g/mol. The number of fused-ring (bicyclic) bond motifs is 1. The van der Waals surface area contributed by atoms with Gasteiger partial charge in [-0.2, -0.15) is 0 Å². The lowest BCUT2D eigenvalue weighted by molar-refractivity contribution is 0.426. The number of nitrogens with two attached hydrogens (primary N) is 1. The van der Waals surface area contributed by atoms with E-state index in [9.17, 15) is 5.11 Å². The van der Waals surface area contributed by atoms with Crippen molar-refractivity contribution in [1.29, 1.82) is 0 Å². The van der Waals surface area contributed by atoms with Gasteiger partial charge in [0, 0.05) is 15.5 Å². The van der Waals surface area contributed by atoms with E-state index in [2.05, 4.69) is 0 Å². The Morgan fingerprint density at radius 3 is 2.64 bits per heavy atom. The van der Waals surface area contributed by atoms with E-state index in [0.717, 1.165) is 4.70 Å². The molecule has 72 valence electrons. The molecule has 1 aromatic carbocycles. The average Bonchev–Trinajstić information content (AvgIpc) is 2.42. The second kappa shape index (κ2) is 3.16. The highest BCUT2D eigenvalue weighted by atomic mass is 32.1. The van der Waals surface area contributed by atoms with Crippen LogP contribution >= 0.6 is 11.3 Å². The van der Waals surface area contributed by atoms with E-state index in [-0.39, 0.29) is 11.2 Å². The maximum absolute atomic E-state index is 9.54. The topological polar surface area (TPSA) is 86.7 Å². The number of phenols is 1. The Morgan fingerprint density at radius 2 is 2.00 bits per heavy atom. The lowest BCUT2D eigenvalue weighted by Crippen LogP contribution is -2.31. The molecule has 0 aliphatic heterocycles. The number of nitrogen functional groups attached to an aromatic ring is 1. The van der Waals surface area contributed by atoms with Crippen LogP contribution in [0.1, 0.15) is 0 Å². The van der Waals surface area contributed by atoms with Gasteiger partial charge in [0.25, 0.3) is 0 Å². The van der Waals surface area contributed by atoms with Crippen molar-refractivity contribution in [3.05, 3.63) is 18.2 Å². The van der Waals surface area contributed by atoms with Crippen molar-refractivity contribution in [2.75, 3.05) is 5.73 Å². The second-order valence-corrected chi connectivity index (χ2v) is 3.99. The van der Waals surface area contributed by atoms with Crippen LogP contribution in [0.3, 0.4) is 0 Å². The first kappa shape index (κ1) is 9.33. The number of hydrogen-bond donors (Lipinski definition) is 4. The van der Waals surface area contributed by atoms with E-state index in [0.29, 0.717) is 10.4 Å². The maximum Gasteiger partial charge on any atom is 0.492 e. The zero-order valence-electron chi connectivity index (χ0n) is 7.14. The van der Waals surface area contributed by atoms with Crippen molar-refractivity contribution in [1.82, 2.24) is 0 Å². The summed E-state index contributed by atoms with van der Waals surface area (Å²) in [4.78, 5) is 0. The van der Waals surface area contributed by atoms with Crippen LogP contribution in [0.5, 0.6) is 5.75 Å². The number of anilines is 1. The molecule has 2 rings (SSSR count). The van der Waals surface area contributed by atoms with Crippen LogP contribution in [-0.4, -0.2) is 22.3 Å². The van der Waals surface area contributed by atoms with Gasteiger partial charge in [-0.1, -0.05) is 6.07 Å². The molecule has 0 unspecified atom stereocenters. The van der Waals surface area contributed by atoms with Crippen LogP contribution in [0.15, 0.2) is 18.2 Å². The Morgan fingerprint density at radius 1 is 1.29 bits per heavy atom. The Bertz CT molecular complexity index is 483. The third-order valence-corrected chi connectivity index (χ3v) is 3.02. The molecular weight excluding hydrogens is 201 g/mol. The number of rotatable bonds is 1. The molecule has 1 aromatic heterocycles. The minimum atomic E-state index is -1.66. The molecule has 4 nitrogen and oxygen atoms in total. The molecule has 14 heavy (non-hydrogen) atoms. The summed E-state index contributed by atoms with van der Waals surface area (Å²) >= 11 is 1.22. The Balaban J connectivity index is 2.86. The summed E-state index contributed by atoms with van der Waals surface area (Å²) in [7, 11) is -1.66. The molecule has 0 aliphatic carbocycles. The summed E-state index contributed by atoms with van der Waals surface area (Å²) in [5.74, 6) is 0.0125. The highest BCUT2D eigenvalue weighted by Gasteiger charge is 2.22. The number of benzene rings is 1. The Hall–Kier alpha value is -1.24. The summed E-state index contributed by atoms with van der Waals surface area (Å²) in [5.41, 5.74) is 5.79. The smallest absolute Gasteiger partial charge is 0.492 e. The highest BCUT2D eigenvalue weighted by molar-refractivity contribution is 7.24. The minimum absolute atomic E-state index is 0.0125. The second-order valence-electron chi connectivity index (χ2n) is 2.90. The van der Waals surface area contributed by atoms with Gasteiger partial charge >= 0.3 is 7.12 Å². The quantitative estimate of drug-likeness (QED) is 0.492. The van der Waals surface area contributed by atoms with E-state index in [1.807, 2.05) is 0 Å². The highest BCUT2D eigenvalue weighted by Crippen LogP contribution is 2.31. The SMILES string of the molecule is Nc1sc2cccc(O)c2c1B(O)O. The summed E-state index contributed by atoms with van der Waals surface area (Å²) in [6.45, 7) is 0. The van der Waals surface area contributed by atoms with Gasteiger partial charge in [0.15, 0.2) is 0 Å². The maximum atomic E-state index is 9.54. The van der Waals surface area contributed by atoms with E-state index in [1.54, 1.807) is 12.1 Å². The predicted octanol–water partition coefficient (Wildman–Crippen LogP) is -0.131. The van der Waals surface area contributed by atoms with Gasteiger partial charge in [0.05, 0.1) is 5.00 Å². The molecule has 0 aliphatic rings. The summed E-state index contributed by atoms with van der Waals surface area (Å²) in [6, 6.07) is 4.93. The molecule has 0 atom stereocenters. The standard InChI is InChI=1S/C8H8BNO3S/c10-8-7(9(12)13)6-4(11)2-1-3-5(6)14-8/h1-3,11-13H,10H2. The van der Waals surface area contributed by atoms with Crippen LogP contribution in [0.2, 0.25) is 0 Å². The van der Waals surface area contributed by atoms with E-state index < -0.39 is 7.12 Å². The summed E-state index contributed by atoms with van der Waals surface area (Å²) in [5, 5.41) is 28.5. The Kier molecular flexibility index (Phi) is 2.11. The third-order valence-electron chi connectivity index (χ3n) is 2.02. The van der Waals surface area contributed by atoms with Gasteiger partial charge in [-0.15, -0.1) is 11.3 Å². The fraction of sp³-hybridized carbons (Fsp3) is 0. The normalized spacial score (nSPS) is 10.7. The van der Waals surface area contributed by atoms with Crippen LogP contribution in [-0.2, 0) is 0 Å². The van der Waals surface area contributed by atoms with Gasteiger partial charge in [-0.25, -0.2) is 0 Å². The Labute approximate surface area is 84.4 Å². The number of aromatic hydroxyl groups is 1. The molecule has 0 fully saturated rings. The van der Waals surface area contributed by atoms with Gasteiger partial charge in [0.1, 0.15) is 5.75 Å². The summed E-state index contributed by atoms with van der Waals surface area (Å²) < 4.78 is 0.741. The molecule has 0 radical (unpaired) electrons. The van der Waals surface area contributed by atoms with Crippen LogP contribution in [0, 0.1) is 0 Å². The van der Waals surface area contributed by atoms with Crippen LogP contribution < -0.4 is 11.2 Å².